The molecule has 0 aliphatic heterocycles. The molecule has 0 fully saturated rings. The van der Waals surface area contributed by atoms with Crippen molar-refractivity contribution in [2.45, 2.75) is 104 Å². The number of hydrogen-bond acceptors (Lipinski definition) is 4. The predicted octanol–water partition coefficient (Wildman–Crippen LogP) is 4.28. The second-order valence-electron chi connectivity index (χ2n) is 10.4. The summed E-state index contributed by atoms with van der Waals surface area (Å²) in [6.07, 6.45) is 16.9. The van der Waals surface area contributed by atoms with Crippen LogP contribution in [-0.4, -0.2) is 63.7 Å². The van der Waals surface area contributed by atoms with Crippen molar-refractivity contribution in [2.75, 3.05) is 53.2 Å². The van der Waals surface area contributed by atoms with Gasteiger partial charge in [0.05, 0.1) is 47.3 Å². The van der Waals surface area contributed by atoms with Gasteiger partial charge in [-0.3, -0.25) is 9.36 Å². The minimum atomic E-state index is -2.73. The molecule has 2 atom stereocenters. The van der Waals surface area contributed by atoms with Crippen molar-refractivity contribution in [1.29, 1.82) is 0 Å². The van der Waals surface area contributed by atoms with Crippen LogP contribution < -0.4 is 17.0 Å². The number of rotatable bonds is 22. The molecule has 0 rings (SSSR count). The molecule has 0 bridgehead atoms. The summed E-state index contributed by atoms with van der Waals surface area (Å²) in [7, 11) is 3.58. The first kappa shape index (κ1) is 35.3. The molecule has 33 heavy (non-hydrogen) atoms. The van der Waals surface area contributed by atoms with Gasteiger partial charge in [0.25, 0.3) is 0 Å². The lowest BCUT2D eigenvalue weighted by Crippen LogP contribution is -3.00. The van der Waals surface area contributed by atoms with Gasteiger partial charge in [0.1, 0.15) is 0 Å². The largest absolute Gasteiger partial charge is 1.00 e. The Balaban J connectivity index is 0. The zero-order valence-electron chi connectivity index (χ0n) is 22.7. The number of quaternary nitrogens is 1. The molecule has 0 heterocycles. The van der Waals surface area contributed by atoms with E-state index >= 15 is 0 Å². The fourth-order valence-electron chi connectivity index (χ4n) is 4.45. The zero-order chi connectivity index (χ0) is 24.3. The van der Waals surface area contributed by atoms with Gasteiger partial charge in [0.15, 0.2) is 0 Å². The molecule has 0 aliphatic carbocycles. The lowest BCUT2D eigenvalue weighted by molar-refractivity contribution is -0.873. The summed E-state index contributed by atoms with van der Waals surface area (Å²) in [6.45, 7) is 7.64. The minimum absolute atomic E-state index is 0. The van der Waals surface area contributed by atoms with Gasteiger partial charge < -0.3 is 30.7 Å². The van der Waals surface area contributed by atoms with E-state index in [0.29, 0.717) is 32.0 Å². The highest BCUT2D eigenvalue weighted by Crippen LogP contribution is 2.50. The molecule has 0 radical (unpaired) electrons. The standard InChI is InChI=1S/C26H55NO4P.BrH/c1-7-10-11-12-13-14-15-16-17-18-19-20-21-32(29,31-9-3)24-25(23-27(4,5)6)22-26(28)30-8-2;/h25H,7-24H2,1-6H3;1H/q+1;/p-1. The molecule has 0 aliphatic rings. The summed E-state index contributed by atoms with van der Waals surface area (Å²) in [6, 6.07) is 0. The maximum Gasteiger partial charge on any atom is 0.306 e. The average Bonchev–Trinajstić information content (AvgIpc) is 2.67. The van der Waals surface area contributed by atoms with Crippen LogP contribution in [0.25, 0.3) is 0 Å². The Hall–Kier alpha value is 0.100. The number of esters is 1. The number of ether oxygens (including phenoxy) is 1. The van der Waals surface area contributed by atoms with Gasteiger partial charge in [-0.2, -0.15) is 0 Å². The molecular formula is C26H55BrNO4P. The zero-order valence-corrected chi connectivity index (χ0v) is 25.2. The number of carbonyl (C=O) groups is 1. The summed E-state index contributed by atoms with van der Waals surface area (Å²) in [4.78, 5) is 12.1. The Morgan fingerprint density at radius 3 is 1.70 bits per heavy atom. The SMILES string of the molecule is CCCCCCCCCCCCCCP(=O)(CC(CC(=O)OCC)C[N+](C)(C)C)OCC.[Br-]. The van der Waals surface area contributed by atoms with E-state index in [-0.39, 0.29) is 28.9 Å². The molecule has 5 nitrogen and oxygen atoms in total. The maximum atomic E-state index is 13.5. The normalized spacial score (nSPS) is 14.4. The summed E-state index contributed by atoms with van der Waals surface area (Å²) in [5.41, 5.74) is 0. The third-order valence-corrected chi connectivity index (χ3v) is 8.62. The highest BCUT2D eigenvalue weighted by atomic mass is 79.9. The van der Waals surface area contributed by atoms with Crippen LogP contribution in [0.2, 0.25) is 0 Å². The highest BCUT2D eigenvalue weighted by Gasteiger charge is 2.31. The Kier molecular flexibility index (Phi) is 22.9. The Morgan fingerprint density at radius 2 is 1.27 bits per heavy atom. The fraction of sp³-hybridized carbons (Fsp3) is 0.962. The number of carbonyl (C=O) groups excluding carboxylic acids is 1. The lowest BCUT2D eigenvalue weighted by atomic mass is 10.1. The molecule has 0 amide bonds. The fourth-order valence-corrected chi connectivity index (χ4v) is 7.07. The number of unbranched alkanes of at least 4 members (excludes halogenated alkanes) is 11. The van der Waals surface area contributed by atoms with Crippen molar-refractivity contribution < 1.29 is 40.1 Å². The third kappa shape index (κ3) is 22.3. The molecule has 0 saturated heterocycles. The van der Waals surface area contributed by atoms with Crippen LogP contribution in [0.3, 0.4) is 0 Å². The van der Waals surface area contributed by atoms with Crippen molar-refractivity contribution in [1.82, 2.24) is 0 Å². The van der Waals surface area contributed by atoms with E-state index in [2.05, 4.69) is 28.1 Å². The van der Waals surface area contributed by atoms with Crippen LogP contribution in [0.15, 0.2) is 0 Å². The summed E-state index contributed by atoms with van der Waals surface area (Å²) in [5.74, 6) is -0.178. The first-order chi connectivity index (χ1) is 15.2. The van der Waals surface area contributed by atoms with Gasteiger partial charge in [0, 0.05) is 18.2 Å². The Morgan fingerprint density at radius 1 is 0.788 bits per heavy atom. The molecule has 0 saturated carbocycles. The molecule has 2 unspecified atom stereocenters. The maximum absolute atomic E-state index is 13.5. The third-order valence-electron chi connectivity index (χ3n) is 5.82. The van der Waals surface area contributed by atoms with E-state index < -0.39 is 7.37 Å². The van der Waals surface area contributed by atoms with E-state index in [1.807, 2.05) is 13.8 Å². The van der Waals surface area contributed by atoms with Crippen LogP contribution in [0.5, 0.6) is 0 Å². The van der Waals surface area contributed by atoms with Gasteiger partial charge in [-0.25, -0.2) is 0 Å². The number of halogens is 1. The summed E-state index contributed by atoms with van der Waals surface area (Å²) >= 11 is 0. The predicted molar refractivity (Wildman–Crippen MR) is 138 cm³/mol. The minimum Gasteiger partial charge on any atom is -1.00 e. The first-order valence-corrected chi connectivity index (χ1v) is 15.3. The van der Waals surface area contributed by atoms with E-state index in [0.717, 1.165) is 23.9 Å². The first-order valence-electron chi connectivity index (χ1n) is 13.3. The molecule has 0 aromatic heterocycles. The topological polar surface area (TPSA) is 52.6 Å². The number of hydrogen-bond donors (Lipinski definition) is 0. The highest BCUT2D eigenvalue weighted by molar-refractivity contribution is 7.59. The van der Waals surface area contributed by atoms with Gasteiger partial charge >= 0.3 is 5.97 Å². The van der Waals surface area contributed by atoms with Crippen molar-refractivity contribution >= 4 is 13.3 Å². The molecular weight excluding hydrogens is 501 g/mol. The van der Waals surface area contributed by atoms with Gasteiger partial charge in [-0.15, -0.1) is 0 Å². The van der Waals surface area contributed by atoms with Crippen molar-refractivity contribution in [3.8, 4) is 0 Å². The second kappa shape index (κ2) is 21.4. The van der Waals surface area contributed by atoms with Crippen LogP contribution in [0.1, 0.15) is 104 Å². The van der Waals surface area contributed by atoms with Gasteiger partial charge in [-0.1, -0.05) is 77.6 Å². The smallest absolute Gasteiger partial charge is 0.306 e. The molecule has 0 N–H and O–H groups in total. The van der Waals surface area contributed by atoms with Crippen molar-refractivity contribution in [2.24, 2.45) is 5.92 Å². The van der Waals surface area contributed by atoms with Crippen LogP contribution in [-0.2, 0) is 18.6 Å². The van der Waals surface area contributed by atoms with Crippen LogP contribution in [0.4, 0.5) is 0 Å². The summed E-state index contributed by atoms with van der Waals surface area (Å²) < 4.78 is 25.3. The monoisotopic (exact) mass is 555 g/mol. The van der Waals surface area contributed by atoms with Crippen LogP contribution in [0, 0.1) is 5.92 Å². The van der Waals surface area contributed by atoms with E-state index in [1.165, 1.54) is 64.2 Å². The second-order valence-corrected chi connectivity index (χ2v) is 13.1. The van der Waals surface area contributed by atoms with Crippen molar-refractivity contribution in [3.63, 3.8) is 0 Å². The Bertz CT molecular complexity index is 511. The van der Waals surface area contributed by atoms with Gasteiger partial charge in [0.2, 0.25) is 7.37 Å². The van der Waals surface area contributed by atoms with E-state index in [4.69, 9.17) is 9.26 Å². The van der Waals surface area contributed by atoms with E-state index in [9.17, 15) is 9.36 Å². The quantitative estimate of drug-likeness (QED) is 0.0865. The van der Waals surface area contributed by atoms with E-state index in [1.54, 1.807) is 0 Å². The molecule has 0 aromatic rings. The average molecular weight is 557 g/mol. The van der Waals surface area contributed by atoms with Crippen LogP contribution >= 0.6 is 7.37 Å². The molecule has 0 aromatic carbocycles. The van der Waals surface area contributed by atoms with Gasteiger partial charge in [-0.05, 0) is 20.3 Å². The number of nitrogens with zero attached hydrogens (tertiary/aromatic N) is 1. The Labute approximate surface area is 216 Å². The molecule has 0 spiro atoms. The molecule has 7 heteroatoms. The van der Waals surface area contributed by atoms with Crippen molar-refractivity contribution in [3.05, 3.63) is 0 Å². The molecule has 200 valence electrons. The summed E-state index contributed by atoms with van der Waals surface area (Å²) in [5, 5.41) is 0. The lowest BCUT2D eigenvalue weighted by Gasteiger charge is -2.31.